The second-order valence-corrected chi connectivity index (χ2v) is 9.71. The first-order valence-electron chi connectivity index (χ1n) is 10.2. The number of nitrogens with zero attached hydrogens (tertiary/aromatic N) is 6. The van der Waals surface area contributed by atoms with Crippen molar-refractivity contribution in [1.82, 2.24) is 34.4 Å². The van der Waals surface area contributed by atoms with Gasteiger partial charge in [-0.25, -0.2) is 17.8 Å². The van der Waals surface area contributed by atoms with Gasteiger partial charge in [-0.05, 0) is 25.8 Å². The Hall–Kier alpha value is -2.31. The van der Waals surface area contributed by atoms with E-state index in [9.17, 15) is 13.2 Å². The van der Waals surface area contributed by atoms with Crippen LogP contribution in [0.2, 0.25) is 0 Å². The third-order valence-corrected chi connectivity index (χ3v) is 7.12. The number of aromatic nitrogens is 5. The Bertz CT molecular complexity index is 1030. The molecule has 2 aromatic heterocycles. The van der Waals surface area contributed by atoms with Crippen molar-refractivity contribution < 1.29 is 17.9 Å². The fraction of sp³-hybridized carbons (Fsp3) is 0.667. The molecule has 2 aromatic rings. The van der Waals surface area contributed by atoms with Crippen molar-refractivity contribution in [3.63, 3.8) is 0 Å². The van der Waals surface area contributed by atoms with Gasteiger partial charge in [0.05, 0.1) is 37.7 Å². The summed E-state index contributed by atoms with van der Waals surface area (Å²) in [6.45, 7) is 6.41. The molecule has 1 N–H and O–H groups in total. The molecule has 0 saturated carbocycles. The third-order valence-electron chi connectivity index (χ3n) is 5.59. The average Bonchev–Trinajstić information content (AvgIpc) is 3.44. The molecule has 164 valence electrons. The molecule has 0 radical (unpaired) electrons. The maximum absolute atomic E-state index is 12.8. The zero-order valence-electron chi connectivity index (χ0n) is 17.2. The number of ether oxygens (including phenoxy) is 1. The van der Waals surface area contributed by atoms with E-state index in [1.54, 1.807) is 26.5 Å². The summed E-state index contributed by atoms with van der Waals surface area (Å²) in [5.74, 6) is -0.0192. The molecule has 4 heterocycles. The van der Waals surface area contributed by atoms with Gasteiger partial charge in [0.2, 0.25) is 10.0 Å². The molecule has 1 unspecified atom stereocenters. The predicted molar refractivity (Wildman–Crippen MR) is 107 cm³/mol. The van der Waals surface area contributed by atoms with E-state index in [0.29, 0.717) is 50.4 Å². The Balaban J connectivity index is 1.41. The molecule has 1 saturated heterocycles. The minimum absolute atomic E-state index is 0.0798. The lowest BCUT2D eigenvalue weighted by Gasteiger charge is -2.33. The number of likely N-dealkylation sites (tertiary alicyclic amines) is 1. The predicted octanol–water partition coefficient (Wildman–Crippen LogP) is 0.139. The Morgan fingerprint density at radius 3 is 2.90 bits per heavy atom. The Morgan fingerprint density at radius 2 is 2.17 bits per heavy atom. The SMILES string of the molecule is CCCS(=O)(=O)NCc1nnn2c1COC1(CCN(C(=O)c3ccn(CC)n3)C1)C2. The van der Waals surface area contributed by atoms with Crippen molar-refractivity contribution in [2.24, 2.45) is 0 Å². The summed E-state index contributed by atoms with van der Waals surface area (Å²) < 4.78 is 36.0. The fourth-order valence-electron chi connectivity index (χ4n) is 3.93. The molecule has 1 spiro atoms. The van der Waals surface area contributed by atoms with Crippen LogP contribution in [0.4, 0.5) is 0 Å². The van der Waals surface area contributed by atoms with E-state index in [1.807, 2.05) is 13.8 Å². The Kier molecular flexibility index (Phi) is 5.64. The summed E-state index contributed by atoms with van der Waals surface area (Å²) in [5.41, 5.74) is 1.27. The van der Waals surface area contributed by atoms with Crippen LogP contribution >= 0.6 is 0 Å². The van der Waals surface area contributed by atoms with Crippen molar-refractivity contribution in [3.05, 3.63) is 29.3 Å². The minimum atomic E-state index is -3.32. The van der Waals surface area contributed by atoms with Gasteiger partial charge in [0, 0.05) is 19.3 Å². The van der Waals surface area contributed by atoms with Gasteiger partial charge in [0.1, 0.15) is 17.0 Å². The summed E-state index contributed by atoms with van der Waals surface area (Å²) in [7, 11) is -3.32. The average molecular weight is 438 g/mol. The fourth-order valence-corrected chi connectivity index (χ4v) is 4.97. The van der Waals surface area contributed by atoms with E-state index < -0.39 is 15.6 Å². The molecule has 12 heteroatoms. The van der Waals surface area contributed by atoms with Crippen LogP contribution in [0, 0.1) is 0 Å². The smallest absolute Gasteiger partial charge is 0.274 e. The first-order valence-corrected chi connectivity index (χ1v) is 11.9. The number of nitrogens with one attached hydrogen (secondary N) is 1. The van der Waals surface area contributed by atoms with Crippen molar-refractivity contribution in [3.8, 4) is 0 Å². The molecule has 1 fully saturated rings. The number of hydrogen-bond donors (Lipinski definition) is 1. The molecule has 0 bridgehead atoms. The molecular formula is C18H27N7O4S. The van der Waals surface area contributed by atoms with Crippen LogP contribution in [0.3, 0.4) is 0 Å². The topological polar surface area (TPSA) is 124 Å². The number of aryl methyl sites for hydroxylation is 1. The summed E-state index contributed by atoms with van der Waals surface area (Å²) >= 11 is 0. The third kappa shape index (κ3) is 4.12. The zero-order chi connectivity index (χ0) is 21.4. The van der Waals surface area contributed by atoms with Gasteiger partial charge in [-0.1, -0.05) is 12.1 Å². The standard InChI is InChI=1S/C18H27N7O4S/c1-3-9-30(27,28)19-10-15-16-11-29-18(13-25(16)22-20-15)6-8-23(12-18)17(26)14-5-7-24(4-2)21-14/h5,7,19H,3-4,6,8-13H2,1-2H3. The van der Waals surface area contributed by atoms with Crippen LogP contribution in [-0.4, -0.2) is 68.4 Å². The van der Waals surface area contributed by atoms with Gasteiger partial charge in [0.15, 0.2) is 0 Å². The number of fused-ring (bicyclic) bond motifs is 1. The van der Waals surface area contributed by atoms with Crippen LogP contribution in [0.15, 0.2) is 12.3 Å². The van der Waals surface area contributed by atoms with Crippen molar-refractivity contribution in [1.29, 1.82) is 0 Å². The number of carbonyl (C=O) groups is 1. The second-order valence-electron chi connectivity index (χ2n) is 7.79. The first kappa shape index (κ1) is 20.9. The molecule has 4 rings (SSSR count). The molecule has 30 heavy (non-hydrogen) atoms. The molecule has 1 atom stereocenters. The van der Waals surface area contributed by atoms with E-state index in [-0.39, 0.29) is 24.8 Å². The summed E-state index contributed by atoms with van der Waals surface area (Å²) in [4.78, 5) is 14.5. The second kappa shape index (κ2) is 8.08. The summed E-state index contributed by atoms with van der Waals surface area (Å²) in [6, 6.07) is 1.74. The largest absolute Gasteiger partial charge is 0.365 e. The van der Waals surface area contributed by atoms with E-state index in [4.69, 9.17) is 4.74 Å². The van der Waals surface area contributed by atoms with Crippen LogP contribution in [0.5, 0.6) is 0 Å². The minimum Gasteiger partial charge on any atom is -0.365 e. The highest BCUT2D eigenvalue weighted by atomic mass is 32.2. The molecule has 11 nitrogen and oxygen atoms in total. The van der Waals surface area contributed by atoms with Crippen LogP contribution < -0.4 is 4.72 Å². The van der Waals surface area contributed by atoms with Gasteiger partial charge in [-0.2, -0.15) is 5.10 Å². The molecule has 2 aliphatic heterocycles. The van der Waals surface area contributed by atoms with Gasteiger partial charge < -0.3 is 9.64 Å². The number of hydrogen-bond acceptors (Lipinski definition) is 7. The van der Waals surface area contributed by atoms with Crippen LogP contribution in [0.25, 0.3) is 0 Å². The lowest BCUT2D eigenvalue weighted by molar-refractivity contribution is -0.0828. The molecule has 1 amide bonds. The highest BCUT2D eigenvalue weighted by Gasteiger charge is 2.45. The number of carbonyl (C=O) groups excluding carboxylic acids is 1. The van der Waals surface area contributed by atoms with Crippen molar-refractivity contribution in [2.45, 2.75) is 58.5 Å². The lowest BCUT2D eigenvalue weighted by Crippen LogP contribution is -2.45. The molecule has 0 aromatic carbocycles. The number of amides is 1. The Morgan fingerprint density at radius 1 is 1.33 bits per heavy atom. The van der Waals surface area contributed by atoms with Gasteiger partial charge in [0.25, 0.3) is 5.91 Å². The van der Waals surface area contributed by atoms with Gasteiger partial charge in [-0.15, -0.1) is 5.10 Å². The van der Waals surface area contributed by atoms with E-state index in [1.165, 1.54) is 0 Å². The van der Waals surface area contributed by atoms with Gasteiger partial charge >= 0.3 is 0 Å². The maximum Gasteiger partial charge on any atom is 0.274 e. The molecule has 0 aliphatic carbocycles. The highest BCUT2D eigenvalue weighted by Crippen LogP contribution is 2.33. The van der Waals surface area contributed by atoms with Crippen molar-refractivity contribution in [2.75, 3.05) is 18.8 Å². The zero-order valence-corrected chi connectivity index (χ0v) is 18.1. The van der Waals surface area contributed by atoms with Crippen LogP contribution in [-0.2, 0) is 41.0 Å². The monoisotopic (exact) mass is 437 g/mol. The number of rotatable bonds is 7. The molecule has 2 aliphatic rings. The quantitative estimate of drug-likeness (QED) is 0.653. The normalized spacial score (nSPS) is 21.3. The Labute approximate surface area is 175 Å². The number of sulfonamides is 1. The highest BCUT2D eigenvalue weighted by molar-refractivity contribution is 7.89. The van der Waals surface area contributed by atoms with E-state index >= 15 is 0 Å². The van der Waals surface area contributed by atoms with Gasteiger partial charge in [-0.3, -0.25) is 9.48 Å². The first-order chi connectivity index (χ1) is 14.3. The van der Waals surface area contributed by atoms with Crippen molar-refractivity contribution >= 4 is 15.9 Å². The van der Waals surface area contributed by atoms with E-state index in [2.05, 4.69) is 20.1 Å². The molecular weight excluding hydrogens is 410 g/mol. The summed E-state index contributed by atoms with van der Waals surface area (Å²) in [6.07, 6.45) is 3.05. The maximum atomic E-state index is 12.8. The van der Waals surface area contributed by atoms with Crippen LogP contribution in [0.1, 0.15) is 48.6 Å². The van der Waals surface area contributed by atoms with E-state index in [0.717, 1.165) is 5.69 Å². The lowest BCUT2D eigenvalue weighted by atomic mass is 10.0. The summed E-state index contributed by atoms with van der Waals surface area (Å²) in [5, 5.41) is 12.6.